The van der Waals surface area contributed by atoms with Crippen LogP contribution in [-0.4, -0.2) is 52.5 Å². The van der Waals surface area contributed by atoms with Crippen LogP contribution >= 0.6 is 0 Å². The van der Waals surface area contributed by atoms with Crippen LogP contribution in [0, 0.1) is 0 Å². The first kappa shape index (κ1) is 18.4. The summed E-state index contributed by atoms with van der Waals surface area (Å²) in [5, 5.41) is 2.68. The Labute approximate surface area is 154 Å². The Bertz CT molecular complexity index is 890. The number of piperazine rings is 1. The van der Waals surface area contributed by atoms with Gasteiger partial charge in [-0.25, -0.2) is 8.42 Å². The molecule has 1 aliphatic rings. The summed E-state index contributed by atoms with van der Waals surface area (Å²) in [6, 6.07) is 13.4. The smallest absolute Gasteiger partial charge is 0.221 e. The van der Waals surface area contributed by atoms with Crippen LogP contribution < -0.4 is 10.2 Å². The molecule has 3 rings (SSSR count). The lowest BCUT2D eigenvalue weighted by Gasteiger charge is -2.34. The van der Waals surface area contributed by atoms with Crippen molar-refractivity contribution in [1.29, 1.82) is 0 Å². The number of anilines is 2. The van der Waals surface area contributed by atoms with Gasteiger partial charge in [-0.3, -0.25) is 4.79 Å². The number of hydrogen-bond donors (Lipinski definition) is 1. The zero-order valence-electron chi connectivity index (χ0n) is 15.0. The van der Waals surface area contributed by atoms with Gasteiger partial charge in [0.25, 0.3) is 0 Å². The molecule has 6 nitrogen and oxygen atoms in total. The number of rotatable bonds is 4. The molecule has 0 bridgehead atoms. The highest BCUT2D eigenvalue weighted by Crippen LogP contribution is 2.31. The van der Waals surface area contributed by atoms with Crippen LogP contribution in [-0.2, 0) is 14.6 Å². The third kappa shape index (κ3) is 3.89. The molecule has 138 valence electrons. The van der Waals surface area contributed by atoms with Gasteiger partial charge in [0, 0.05) is 38.8 Å². The monoisotopic (exact) mass is 373 g/mol. The van der Waals surface area contributed by atoms with E-state index in [0.717, 1.165) is 31.9 Å². The maximum absolute atomic E-state index is 13.0. The van der Waals surface area contributed by atoms with Crippen LogP contribution in [0.4, 0.5) is 11.4 Å². The van der Waals surface area contributed by atoms with Crippen LogP contribution in [0.5, 0.6) is 0 Å². The lowest BCUT2D eigenvalue weighted by atomic mass is 10.2. The molecule has 0 atom stereocenters. The molecule has 0 saturated carbocycles. The molecule has 7 heteroatoms. The number of carbonyl (C=O) groups is 1. The Morgan fingerprint density at radius 3 is 2.27 bits per heavy atom. The summed E-state index contributed by atoms with van der Waals surface area (Å²) in [6.45, 7) is 4.99. The molecular formula is C19H23N3O3S. The summed E-state index contributed by atoms with van der Waals surface area (Å²) in [4.78, 5) is 16.4. The number of nitrogens with zero attached hydrogens (tertiary/aromatic N) is 2. The van der Waals surface area contributed by atoms with Crippen LogP contribution in [0.1, 0.15) is 6.92 Å². The van der Waals surface area contributed by atoms with E-state index in [4.69, 9.17) is 0 Å². The molecule has 1 fully saturated rings. The van der Waals surface area contributed by atoms with E-state index < -0.39 is 9.84 Å². The van der Waals surface area contributed by atoms with Crippen molar-refractivity contribution in [1.82, 2.24) is 4.90 Å². The van der Waals surface area contributed by atoms with Crippen molar-refractivity contribution in [3.63, 3.8) is 0 Å². The predicted molar refractivity (Wildman–Crippen MR) is 102 cm³/mol. The average molecular weight is 373 g/mol. The summed E-state index contributed by atoms with van der Waals surface area (Å²) in [6.07, 6.45) is 0. The van der Waals surface area contributed by atoms with Gasteiger partial charge in [0.05, 0.1) is 15.5 Å². The quantitative estimate of drug-likeness (QED) is 0.890. The number of carbonyl (C=O) groups excluding carboxylic acids is 1. The van der Waals surface area contributed by atoms with E-state index in [2.05, 4.69) is 22.2 Å². The van der Waals surface area contributed by atoms with Gasteiger partial charge >= 0.3 is 0 Å². The van der Waals surface area contributed by atoms with Crippen LogP contribution in [0.3, 0.4) is 0 Å². The number of amides is 1. The highest BCUT2D eigenvalue weighted by atomic mass is 32.2. The number of hydrogen-bond acceptors (Lipinski definition) is 5. The minimum atomic E-state index is -3.71. The van der Waals surface area contributed by atoms with Gasteiger partial charge in [-0.15, -0.1) is 0 Å². The molecule has 0 spiro atoms. The molecule has 0 aliphatic carbocycles. The van der Waals surface area contributed by atoms with Crippen molar-refractivity contribution in [3.8, 4) is 0 Å². The molecule has 0 aromatic heterocycles. The van der Waals surface area contributed by atoms with Gasteiger partial charge in [0.1, 0.15) is 0 Å². The molecule has 0 radical (unpaired) electrons. The predicted octanol–water partition coefficient (Wildman–Crippen LogP) is 2.23. The molecule has 1 heterocycles. The van der Waals surface area contributed by atoms with Gasteiger partial charge in [0.15, 0.2) is 0 Å². The maximum Gasteiger partial charge on any atom is 0.221 e. The number of likely N-dealkylation sites (N-methyl/N-ethyl adjacent to an activating group) is 1. The summed E-state index contributed by atoms with van der Waals surface area (Å²) < 4.78 is 26.0. The number of nitrogens with one attached hydrogen (secondary N) is 1. The van der Waals surface area contributed by atoms with Gasteiger partial charge in [-0.05, 0) is 37.4 Å². The van der Waals surface area contributed by atoms with Crippen molar-refractivity contribution < 1.29 is 13.2 Å². The second kappa shape index (κ2) is 7.47. The van der Waals surface area contributed by atoms with Crippen LogP contribution in [0.2, 0.25) is 0 Å². The first-order valence-electron chi connectivity index (χ1n) is 8.53. The molecule has 2 aromatic rings. The van der Waals surface area contributed by atoms with Gasteiger partial charge in [-0.1, -0.05) is 18.2 Å². The Kier molecular flexibility index (Phi) is 5.29. The summed E-state index contributed by atoms with van der Waals surface area (Å²) in [7, 11) is -1.63. The maximum atomic E-state index is 13.0. The van der Waals surface area contributed by atoms with Crippen molar-refractivity contribution in [3.05, 3.63) is 48.5 Å². The Morgan fingerprint density at radius 1 is 1.00 bits per heavy atom. The van der Waals surface area contributed by atoms with E-state index in [0.29, 0.717) is 5.69 Å². The fourth-order valence-electron chi connectivity index (χ4n) is 3.03. The summed E-state index contributed by atoms with van der Waals surface area (Å²) >= 11 is 0. The van der Waals surface area contributed by atoms with Crippen molar-refractivity contribution in [2.24, 2.45) is 0 Å². The first-order chi connectivity index (χ1) is 12.4. The van der Waals surface area contributed by atoms with E-state index in [9.17, 15) is 13.2 Å². The minimum absolute atomic E-state index is 0.108. The van der Waals surface area contributed by atoms with Crippen molar-refractivity contribution in [2.45, 2.75) is 16.7 Å². The topological polar surface area (TPSA) is 69.7 Å². The number of sulfone groups is 1. The van der Waals surface area contributed by atoms with E-state index in [1.165, 1.54) is 6.92 Å². The third-order valence-corrected chi connectivity index (χ3v) is 6.31. The van der Waals surface area contributed by atoms with Crippen LogP contribution in [0.25, 0.3) is 0 Å². The zero-order chi connectivity index (χ0) is 18.7. The van der Waals surface area contributed by atoms with Crippen molar-refractivity contribution in [2.75, 3.05) is 43.4 Å². The Balaban J connectivity index is 2.01. The zero-order valence-corrected chi connectivity index (χ0v) is 15.8. The Morgan fingerprint density at radius 2 is 1.65 bits per heavy atom. The molecule has 1 saturated heterocycles. The van der Waals surface area contributed by atoms with Crippen molar-refractivity contribution >= 4 is 27.1 Å². The fraction of sp³-hybridized carbons (Fsp3) is 0.316. The van der Waals surface area contributed by atoms with E-state index >= 15 is 0 Å². The largest absolute Gasteiger partial charge is 0.369 e. The molecule has 1 N–H and O–H groups in total. The average Bonchev–Trinajstić information content (AvgIpc) is 2.62. The second-order valence-corrected chi connectivity index (χ2v) is 8.39. The molecular weight excluding hydrogens is 350 g/mol. The molecule has 26 heavy (non-hydrogen) atoms. The SMILES string of the molecule is CC(=O)Nc1cc(N2CCN(C)CC2)ccc1S(=O)(=O)c1ccccc1. The van der Waals surface area contributed by atoms with E-state index in [-0.39, 0.29) is 15.7 Å². The fourth-order valence-corrected chi connectivity index (χ4v) is 4.44. The molecule has 1 aliphatic heterocycles. The first-order valence-corrected chi connectivity index (χ1v) is 10.0. The van der Waals surface area contributed by atoms with Gasteiger partial charge in [-0.2, -0.15) is 0 Å². The number of benzene rings is 2. The Hall–Kier alpha value is -2.38. The van der Waals surface area contributed by atoms with E-state index in [1.54, 1.807) is 42.5 Å². The molecule has 0 unspecified atom stereocenters. The standard InChI is InChI=1S/C19H23N3O3S/c1-15(23)20-18-14-16(22-12-10-21(2)11-13-22)8-9-19(18)26(24,25)17-6-4-3-5-7-17/h3-9,14H,10-13H2,1-2H3,(H,20,23). The highest BCUT2D eigenvalue weighted by molar-refractivity contribution is 7.91. The lowest BCUT2D eigenvalue weighted by molar-refractivity contribution is -0.114. The summed E-state index contributed by atoms with van der Waals surface area (Å²) in [5.41, 5.74) is 1.23. The normalized spacial score (nSPS) is 15.7. The van der Waals surface area contributed by atoms with E-state index in [1.807, 2.05) is 6.07 Å². The highest BCUT2D eigenvalue weighted by Gasteiger charge is 2.23. The third-order valence-electron chi connectivity index (χ3n) is 4.49. The lowest BCUT2D eigenvalue weighted by Crippen LogP contribution is -2.44. The summed E-state index contributed by atoms with van der Waals surface area (Å²) in [5.74, 6) is -0.301. The van der Waals surface area contributed by atoms with Crippen LogP contribution in [0.15, 0.2) is 58.3 Å². The van der Waals surface area contributed by atoms with Gasteiger partial charge < -0.3 is 15.1 Å². The second-order valence-electron chi connectivity index (χ2n) is 6.47. The molecule has 1 amide bonds. The molecule has 2 aromatic carbocycles. The van der Waals surface area contributed by atoms with Gasteiger partial charge in [0.2, 0.25) is 15.7 Å². The minimum Gasteiger partial charge on any atom is -0.369 e.